The van der Waals surface area contributed by atoms with Crippen molar-refractivity contribution in [2.24, 2.45) is 11.7 Å². The molecule has 1 amide bonds. The van der Waals surface area contributed by atoms with E-state index in [0.717, 1.165) is 23.7 Å². The zero-order valence-electron chi connectivity index (χ0n) is 13.4. The molecule has 1 aliphatic carbocycles. The van der Waals surface area contributed by atoms with Gasteiger partial charge in [-0.3, -0.25) is 14.4 Å². The van der Waals surface area contributed by atoms with E-state index in [2.05, 4.69) is 29.4 Å². The van der Waals surface area contributed by atoms with Crippen LogP contribution in [0.2, 0.25) is 0 Å². The molecule has 0 saturated heterocycles. The topological polar surface area (TPSA) is 77.0 Å². The number of amides is 1. The van der Waals surface area contributed by atoms with E-state index < -0.39 is 0 Å². The van der Waals surface area contributed by atoms with Crippen molar-refractivity contribution in [2.45, 2.75) is 38.9 Å². The molecule has 1 atom stereocenters. The molecule has 2 aromatic rings. The lowest BCUT2D eigenvalue weighted by Gasteiger charge is -2.27. The molecule has 6 heteroatoms. The van der Waals surface area contributed by atoms with Gasteiger partial charge >= 0.3 is 0 Å². The molecule has 6 nitrogen and oxygen atoms in total. The Morgan fingerprint density at radius 3 is 2.78 bits per heavy atom. The van der Waals surface area contributed by atoms with Gasteiger partial charge in [-0.25, -0.2) is 0 Å². The van der Waals surface area contributed by atoms with E-state index in [1.54, 1.807) is 0 Å². The van der Waals surface area contributed by atoms with Crippen LogP contribution in [0.1, 0.15) is 37.1 Å². The lowest BCUT2D eigenvalue weighted by Crippen LogP contribution is -2.35. The van der Waals surface area contributed by atoms with Gasteiger partial charge in [0.1, 0.15) is 0 Å². The van der Waals surface area contributed by atoms with Crippen molar-refractivity contribution >= 4 is 5.91 Å². The van der Waals surface area contributed by atoms with Crippen molar-refractivity contribution in [2.75, 3.05) is 6.54 Å². The first-order valence-corrected chi connectivity index (χ1v) is 8.08. The van der Waals surface area contributed by atoms with Gasteiger partial charge in [-0.1, -0.05) is 35.5 Å². The van der Waals surface area contributed by atoms with Crippen molar-refractivity contribution < 1.29 is 4.79 Å². The van der Waals surface area contributed by atoms with E-state index in [4.69, 9.17) is 5.73 Å². The van der Waals surface area contributed by atoms with Crippen LogP contribution in [-0.2, 0) is 17.9 Å². The van der Waals surface area contributed by atoms with E-state index in [1.165, 1.54) is 12.8 Å². The molecule has 1 aromatic heterocycles. The number of carbonyl (C=O) groups is 1. The molecule has 0 spiro atoms. The molecule has 122 valence electrons. The van der Waals surface area contributed by atoms with Crippen molar-refractivity contribution in [3.63, 3.8) is 0 Å². The van der Waals surface area contributed by atoms with Crippen LogP contribution in [0.3, 0.4) is 0 Å². The number of aromatic nitrogens is 3. The van der Waals surface area contributed by atoms with Crippen LogP contribution in [0.4, 0.5) is 0 Å². The summed E-state index contributed by atoms with van der Waals surface area (Å²) in [6.45, 7) is 3.78. The highest BCUT2D eigenvalue weighted by Gasteiger charge is 2.23. The summed E-state index contributed by atoms with van der Waals surface area (Å²) in [6, 6.07) is 10.2. The molecule has 0 radical (unpaired) electrons. The SMILES string of the molecule is C[C@H](c1ccccc1)N(CC(N)=O)Cc1cn(CC2CC2)nn1. The molecule has 1 aromatic carbocycles. The van der Waals surface area contributed by atoms with Gasteiger partial charge in [-0.2, -0.15) is 0 Å². The van der Waals surface area contributed by atoms with E-state index in [0.29, 0.717) is 6.54 Å². The van der Waals surface area contributed by atoms with Crippen LogP contribution in [0.25, 0.3) is 0 Å². The molecule has 0 bridgehead atoms. The zero-order valence-corrected chi connectivity index (χ0v) is 13.4. The lowest BCUT2D eigenvalue weighted by atomic mass is 10.1. The standard InChI is InChI=1S/C17H23N5O/c1-13(15-5-3-2-4-6-15)21(12-17(18)23)10-16-11-22(20-19-16)9-14-7-8-14/h2-6,11,13-14H,7-10,12H2,1H3,(H2,18,23)/t13-/m1/s1. The van der Waals surface area contributed by atoms with Gasteiger partial charge in [0, 0.05) is 25.3 Å². The van der Waals surface area contributed by atoms with Crippen LogP contribution < -0.4 is 5.73 Å². The number of benzene rings is 1. The molecule has 0 aliphatic heterocycles. The monoisotopic (exact) mass is 313 g/mol. The second kappa shape index (κ2) is 6.91. The summed E-state index contributed by atoms with van der Waals surface area (Å²) in [6.07, 6.45) is 4.55. The fourth-order valence-electron chi connectivity index (χ4n) is 2.75. The number of carbonyl (C=O) groups excluding carboxylic acids is 1. The minimum atomic E-state index is -0.335. The van der Waals surface area contributed by atoms with Gasteiger partial charge in [0.2, 0.25) is 5.91 Å². The third-order valence-electron chi connectivity index (χ3n) is 4.28. The van der Waals surface area contributed by atoms with Crippen LogP contribution in [-0.4, -0.2) is 32.3 Å². The number of nitrogens with two attached hydrogens (primary N) is 1. The van der Waals surface area contributed by atoms with E-state index in [9.17, 15) is 4.79 Å². The van der Waals surface area contributed by atoms with Gasteiger partial charge in [0.25, 0.3) is 0 Å². The van der Waals surface area contributed by atoms with Crippen molar-refractivity contribution in [1.29, 1.82) is 0 Å². The molecule has 2 N–H and O–H groups in total. The van der Waals surface area contributed by atoms with Crippen LogP contribution in [0.5, 0.6) is 0 Å². The second-order valence-corrected chi connectivity index (χ2v) is 6.33. The molecule has 23 heavy (non-hydrogen) atoms. The highest BCUT2D eigenvalue weighted by atomic mass is 16.1. The van der Waals surface area contributed by atoms with Crippen LogP contribution in [0.15, 0.2) is 36.5 Å². The van der Waals surface area contributed by atoms with E-state index >= 15 is 0 Å². The maximum absolute atomic E-state index is 11.4. The summed E-state index contributed by atoms with van der Waals surface area (Å²) in [4.78, 5) is 13.5. The third-order valence-corrected chi connectivity index (χ3v) is 4.28. The van der Waals surface area contributed by atoms with E-state index in [1.807, 2.05) is 34.0 Å². The van der Waals surface area contributed by atoms with Gasteiger partial charge in [0.15, 0.2) is 0 Å². The Hall–Kier alpha value is -2.21. The average molecular weight is 313 g/mol. The molecule has 1 saturated carbocycles. The zero-order chi connectivity index (χ0) is 16.2. The second-order valence-electron chi connectivity index (χ2n) is 6.33. The Labute approximate surface area is 136 Å². The number of hydrogen-bond acceptors (Lipinski definition) is 4. The first kappa shape index (κ1) is 15.7. The maximum Gasteiger partial charge on any atom is 0.231 e. The van der Waals surface area contributed by atoms with Crippen molar-refractivity contribution in [3.05, 3.63) is 47.8 Å². The summed E-state index contributed by atoms with van der Waals surface area (Å²) in [5.41, 5.74) is 7.44. The molecular weight excluding hydrogens is 290 g/mol. The normalized spacial score (nSPS) is 15.7. The summed E-state index contributed by atoms with van der Waals surface area (Å²) >= 11 is 0. The Morgan fingerprint density at radius 1 is 1.39 bits per heavy atom. The Bertz CT molecular complexity index is 650. The molecule has 3 rings (SSSR count). The maximum atomic E-state index is 11.4. The molecular formula is C17H23N5O. The van der Waals surface area contributed by atoms with Gasteiger partial charge in [-0.05, 0) is 31.2 Å². The number of nitrogens with zero attached hydrogens (tertiary/aromatic N) is 4. The first-order valence-electron chi connectivity index (χ1n) is 8.08. The highest BCUT2D eigenvalue weighted by Crippen LogP contribution is 2.30. The summed E-state index contributed by atoms with van der Waals surface area (Å²) in [7, 11) is 0. The minimum Gasteiger partial charge on any atom is -0.369 e. The molecule has 1 aliphatic rings. The molecule has 1 heterocycles. The quantitative estimate of drug-likeness (QED) is 0.805. The van der Waals surface area contributed by atoms with Crippen molar-refractivity contribution in [3.8, 4) is 0 Å². The van der Waals surface area contributed by atoms with E-state index in [-0.39, 0.29) is 18.5 Å². The summed E-state index contributed by atoms with van der Waals surface area (Å²) in [5, 5.41) is 8.42. The smallest absolute Gasteiger partial charge is 0.231 e. The Balaban J connectivity index is 1.70. The predicted octanol–water partition coefficient (Wildman–Crippen LogP) is 1.74. The molecule has 1 fully saturated rings. The Morgan fingerprint density at radius 2 is 2.13 bits per heavy atom. The fourth-order valence-corrected chi connectivity index (χ4v) is 2.75. The number of primary amides is 1. The molecule has 0 unspecified atom stereocenters. The third kappa shape index (κ3) is 4.39. The number of rotatable bonds is 8. The fraction of sp³-hybridized carbons (Fsp3) is 0.471. The van der Waals surface area contributed by atoms with Crippen LogP contribution >= 0.6 is 0 Å². The lowest BCUT2D eigenvalue weighted by molar-refractivity contribution is -0.119. The predicted molar refractivity (Wildman–Crippen MR) is 87.2 cm³/mol. The summed E-state index contributed by atoms with van der Waals surface area (Å²) < 4.78 is 1.91. The van der Waals surface area contributed by atoms with Crippen LogP contribution in [0, 0.1) is 5.92 Å². The number of hydrogen-bond donors (Lipinski definition) is 1. The first-order chi connectivity index (χ1) is 11.1. The van der Waals surface area contributed by atoms with Gasteiger partial charge < -0.3 is 5.73 Å². The van der Waals surface area contributed by atoms with Gasteiger partial charge in [-0.15, -0.1) is 5.10 Å². The highest BCUT2D eigenvalue weighted by molar-refractivity contribution is 5.76. The van der Waals surface area contributed by atoms with Crippen molar-refractivity contribution in [1.82, 2.24) is 19.9 Å². The summed E-state index contributed by atoms with van der Waals surface area (Å²) in [5.74, 6) is 0.424. The minimum absolute atomic E-state index is 0.0808. The largest absolute Gasteiger partial charge is 0.369 e. The average Bonchev–Trinajstić information content (AvgIpc) is 3.24. The van der Waals surface area contributed by atoms with Gasteiger partial charge in [0.05, 0.1) is 12.2 Å². The Kier molecular flexibility index (Phi) is 4.71.